The van der Waals surface area contributed by atoms with Crippen LogP contribution in [0, 0.1) is 18.6 Å². The normalized spacial score (nSPS) is 14.7. The van der Waals surface area contributed by atoms with Gasteiger partial charge in [-0.1, -0.05) is 6.07 Å². The van der Waals surface area contributed by atoms with Crippen LogP contribution in [0.5, 0.6) is 0 Å². The molecule has 38 heavy (non-hydrogen) atoms. The largest absolute Gasteiger partial charge is 0.326 e. The number of anilines is 2. The maximum absolute atomic E-state index is 15.0. The van der Waals surface area contributed by atoms with Gasteiger partial charge in [-0.3, -0.25) is 4.90 Å². The van der Waals surface area contributed by atoms with E-state index in [9.17, 15) is 8.78 Å². The first-order chi connectivity index (χ1) is 18.2. The number of rotatable bonds is 8. The lowest BCUT2D eigenvalue weighted by atomic mass is 10.0. The van der Waals surface area contributed by atoms with Crippen LogP contribution in [0.3, 0.4) is 0 Å². The van der Waals surface area contributed by atoms with E-state index in [2.05, 4.69) is 30.6 Å². The maximum atomic E-state index is 15.0. The van der Waals surface area contributed by atoms with Gasteiger partial charge in [0, 0.05) is 55.9 Å². The molecular weight excluding hydrogens is 492 g/mol. The minimum Gasteiger partial charge on any atom is -0.326 e. The van der Waals surface area contributed by atoms with Gasteiger partial charge >= 0.3 is 0 Å². The summed E-state index contributed by atoms with van der Waals surface area (Å²) in [7, 11) is 0. The molecule has 1 aliphatic heterocycles. The van der Waals surface area contributed by atoms with Crippen LogP contribution >= 0.6 is 0 Å². The van der Waals surface area contributed by atoms with Crippen LogP contribution < -0.4 is 16.5 Å². The van der Waals surface area contributed by atoms with Gasteiger partial charge in [0.15, 0.2) is 11.6 Å². The monoisotopic (exact) mass is 523 g/mol. The number of nitrogens with two attached hydrogens (primary N) is 1. The summed E-state index contributed by atoms with van der Waals surface area (Å²) in [5.41, 5.74) is 11.3. The van der Waals surface area contributed by atoms with Crippen molar-refractivity contribution in [2.75, 3.05) is 25.0 Å². The summed E-state index contributed by atoms with van der Waals surface area (Å²) in [6.45, 7) is 8.27. The molecule has 4 aromatic rings. The Bertz CT molecular complexity index is 1470. The molecule has 1 atom stereocenters. The van der Waals surface area contributed by atoms with Crippen molar-refractivity contribution in [2.24, 2.45) is 5.73 Å². The second kappa shape index (κ2) is 10.7. The summed E-state index contributed by atoms with van der Waals surface area (Å²) in [6.07, 6.45) is 1.81. The van der Waals surface area contributed by atoms with Crippen molar-refractivity contribution < 1.29 is 14.0 Å². The zero-order valence-corrected chi connectivity index (χ0v) is 21.5. The smallest absolute Gasteiger partial charge is 0.229 e. The summed E-state index contributed by atoms with van der Waals surface area (Å²) in [5, 5.41) is 11.9. The summed E-state index contributed by atoms with van der Waals surface area (Å²) < 4.78 is 31.7. The minimum atomic E-state index is -0.658. The van der Waals surface area contributed by atoms with E-state index >= 15 is 0 Å². The van der Waals surface area contributed by atoms with Crippen LogP contribution in [0.2, 0.25) is 0 Å². The molecule has 0 bridgehead atoms. The number of pyridine rings is 1. The van der Waals surface area contributed by atoms with E-state index in [4.69, 9.17) is 15.9 Å². The molecule has 10 nitrogen and oxygen atoms in total. The zero-order chi connectivity index (χ0) is 27.0. The third-order valence-electron chi connectivity index (χ3n) is 6.67. The van der Waals surface area contributed by atoms with E-state index in [1.165, 1.54) is 6.07 Å². The summed E-state index contributed by atoms with van der Waals surface area (Å²) in [4.78, 5) is 19.7. The molecule has 1 aliphatic rings. The van der Waals surface area contributed by atoms with Gasteiger partial charge < -0.3 is 20.8 Å². The first kappa shape index (κ1) is 26.0. The number of halogens is 2. The summed E-state index contributed by atoms with van der Waals surface area (Å²) in [6, 6.07) is 6.64. The second-order valence-corrected chi connectivity index (χ2v) is 9.87. The molecule has 0 saturated carbocycles. The highest BCUT2D eigenvalue weighted by Gasteiger charge is 2.21. The number of hydrogen-bond donors (Lipinski definition) is 4. The number of fused-ring (bicyclic) bond motifs is 2. The molecular formula is C26H31F2N9O. The Labute approximate surface area is 218 Å². The van der Waals surface area contributed by atoms with E-state index in [1.807, 2.05) is 37.5 Å². The lowest BCUT2D eigenvalue weighted by Gasteiger charge is -2.30. The Kier molecular flexibility index (Phi) is 7.30. The number of hydroxylamine groups is 1. The first-order valence-electron chi connectivity index (χ1n) is 12.5. The average molecular weight is 524 g/mol. The van der Waals surface area contributed by atoms with Gasteiger partial charge in [-0.05, 0) is 44.5 Å². The van der Waals surface area contributed by atoms with Crippen LogP contribution in [0.1, 0.15) is 37.0 Å². The molecule has 5 N–H and O–H groups in total. The average Bonchev–Trinajstić information content (AvgIpc) is 3.22. The van der Waals surface area contributed by atoms with Gasteiger partial charge in [-0.15, -0.1) is 0 Å². The van der Waals surface area contributed by atoms with Gasteiger partial charge in [0.1, 0.15) is 22.9 Å². The number of imidazole rings is 1. The predicted octanol–water partition coefficient (Wildman–Crippen LogP) is 3.46. The maximum Gasteiger partial charge on any atom is 0.229 e. The Hall–Kier alpha value is -3.58. The third-order valence-corrected chi connectivity index (χ3v) is 6.67. The molecule has 0 amide bonds. The van der Waals surface area contributed by atoms with Crippen molar-refractivity contribution >= 4 is 22.8 Å². The van der Waals surface area contributed by atoms with Gasteiger partial charge in [0.25, 0.3) is 0 Å². The van der Waals surface area contributed by atoms with Crippen molar-refractivity contribution in [1.82, 2.24) is 34.9 Å². The summed E-state index contributed by atoms with van der Waals surface area (Å²) in [5.74, 6) is 0.179. The van der Waals surface area contributed by atoms with Crippen molar-refractivity contribution in [3.63, 3.8) is 0 Å². The molecule has 1 unspecified atom stereocenters. The SMILES string of the molecule is Cc1nc2c(F)cc(-c3nc(Nc4ccc5c(n4)CCN(CC(N)CNO)C5)ncc3F)cc2n1C(C)C. The van der Waals surface area contributed by atoms with Gasteiger partial charge in [-0.25, -0.2) is 34.2 Å². The number of nitrogens with zero attached hydrogens (tertiary/aromatic N) is 6. The Morgan fingerprint density at radius 3 is 2.71 bits per heavy atom. The fourth-order valence-electron chi connectivity index (χ4n) is 5.02. The highest BCUT2D eigenvalue weighted by atomic mass is 19.1. The fraction of sp³-hybridized carbons (Fsp3) is 0.385. The van der Waals surface area contributed by atoms with Crippen LogP contribution in [0.25, 0.3) is 22.3 Å². The number of benzene rings is 1. The Morgan fingerprint density at radius 2 is 1.95 bits per heavy atom. The van der Waals surface area contributed by atoms with E-state index in [0.29, 0.717) is 42.4 Å². The summed E-state index contributed by atoms with van der Waals surface area (Å²) >= 11 is 0. The lowest BCUT2D eigenvalue weighted by molar-refractivity contribution is 0.146. The van der Waals surface area contributed by atoms with Gasteiger partial charge in [0.05, 0.1) is 11.7 Å². The molecule has 3 aromatic heterocycles. The van der Waals surface area contributed by atoms with Crippen molar-refractivity contribution in [3.8, 4) is 11.3 Å². The fourth-order valence-corrected chi connectivity index (χ4v) is 5.02. The van der Waals surface area contributed by atoms with E-state index in [1.54, 1.807) is 6.07 Å². The molecule has 12 heteroatoms. The second-order valence-electron chi connectivity index (χ2n) is 9.87. The first-order valence-corrected chi connectivity index (χ1v) is 12.5. The van der Waals surface area contributed by atoms with Gasteiger partial charge in [-0.2, -0.15) is 0 Å². The third kappa shape index (κ3) is 5.20. The number of nitrogens with one attached hydrogen (secondary N) is 2. The highest BCUT2D eigenvalue weighted by Crippen LogP contribution is 2.30. The molecule has 0 aliphatic carbocycles. The van der Waals surface area contributed by atoms with Crippen molar-refractivity contribution in [3.05, 3.63) is 59.2 Å². The van der Waals surface area contributed by atoms with Crippen LogP contribution in [0.15, 0.2) is 30.5 Å². The number of aromatic nitrogens is 5. The van der Waals surface area contributed by atoms with Crippen LogP contribution in [-0.4, -0.2) is 60.3 Å². The molecule has 0 fully saturated rings. The number of aryl methyl sites for hydroxylation is 1. The van der Waals surface area contributed by atoms with E-state index in [0.717, 1.165) is 30.4 Å². The molecule has 1 aromatic carbocycles. The molecule has 0 spiro atoms. The molecule has 0 radical (unpaired) electrons. The Balaban J connectivity index is 1.39. The molecule has 200 valence electrons. The van der Waals surface area contributed by atoms with Crippen LogP contribution in [-0.2, 0) is 13.0 Å². The predicted molar refractivity (Wildman–Crippen MR) is 140 cm³/mol. The molecule has 4 heterocycles. The van der Waals surface area contributed by atoms with Gasteiger partial charge in [0.2, 0.25) is 5.95 Å². The van der Waals surface area contributed by atoms with Crippen LogP contribution in [0.4, 0.5) is 20.5 Å². The molecule has 5 rings (SSSR count). The highest BCUT2D eigenvalue weighted by molar-refractivity contribution is 5.83. The number of hydrogen-bond acceptors (Lipinski definition) is 9. The van der Waals surface area contributed by atoms with E-state index in [-0.39, 0.29) is 29.2 Å². The quantitative estimate of drug-likeness (QED) is 0.257. The van der Waals surface area contributed by atoms with Crippen molar-refractivity contribution in [2.45, 2.75) is 45.8 Å². The standard InChI is InChI=1S/C26H31F2N9O/c1-14(2)37-15(3)32-25-19(27)8-17(9-22(25)37)24-20(28)11-30-26(35-24)34-23-5-4-16-12-36(7-6-21(16)33-23)13-18(29)10-31-38/h4-5,8-9,11,14,18,31,38H,6-7,10,12-13,29H2,1-3H3,(H,30,33,34,35). The van der Waals surface area contributed by atoms with E-state index < -0.39 is 11.6 Å². The zero-order valence-electron chi connectivity index (χ0n) is 21.5. The topological polar surface area (TPSA) is 130 Å². The molecule has 0 saturated heterocycles. The lowest BCUT2D eigenvalue weighted by Crippen LogP contribution is -2.44. The van der Waals surface area contributed by atoms with Crippen molar-refractivity contribution in [1.29, 1.82) is 0 Å². The Morgan fingerprint density at radius 1 is 1.13 bits per heavy atom. The minimum absolute atomic E-state index is 0.0141.